The van der Waals surface area contributed by atoms with Gasteiger partial charge in [-0.25, -0.2) is 8.42 Å². The topological polar surface area (TPSA) is 96.4 Å². The van der Waals surface area contributed by atoms with Gasteiger partial charge in [0.15, 0.2) is 0 Å². The van der Waals surface area contributed by atoms with Crippen LogP contribution in [0.15, 0.2) is 23.1 Å². The van der Waals surface area contributed by atoms with Gasteiger partial charge in [-0.1, -0.05) is 6.92 Å². The average Bonchev–Trinajstić information content (AvgIpc) is 2.42. The molecule has 1 aromatic carbocycles. The van der Waals surface area contributed by atoms with Crippen molar-refractivity contribution in [2.24, 2.45) is 0 Å². The van der Waals surface area contributed by atoms with E-state index >= 15 is 0 Å². The number of nitrogens with two attached hydrogens (primary N) is 1. The minimum Gasteiger partial charge on any atom is -0.399 e. The van der Waals surface area contributed by atoms with Crippen molar-refractivity contribution in [3.63, 3.8) is 0 Å². The summed E-state index contributed by atoms with van der Waals surface area (Å²) < 4.78 is 31.5. The van der Waals surface area contributed by atoms with Crippen LogP contribution in [0.1, 0.15) is 19.4 Å². The quantitative estimate of drug-likeness (QED) is 0.602. The Hall–Kier alpha value is -1.62. The first-order chi connectivity index (χ1) is 9.47. The van der Waals surface area contributed by atoms with Crippen molar-refractivity contribution >= 4 is 15.7 Å². The molecule has 20 heavy (non-hydrogen) atoms. The predicted molar refractivity (Wildman–Crippen MR) is 76.5 cm³/mol. The van der Waals surface area contributed by atoms with E-state index in [1.54, 1.807) is 6.92 Å². The standard InChI is InChI=1S/C13H19N3O3S/c1-3-16(7-8-19-4-2)20(17,18)13-6-5-12(15)9-11(13)10-14/h5-6,9H,3-4,7-8,15H2,1-2H3. The molecule has 0 radical (unpaired) electrons. The average molecular weight is 297 g/mol. The molecule has 0 amide bonds. The second-order valence-corrected chi connectivity index (χ2v) is 5.97. The number of anilines is 1. The fourth-order valence-corrected chi connectivity index (χ4v) is 3.31. The molecule has 0 bridgehead atoms. The fourth-order valence-electron chi connectivity index (χ4n) is 1.76. The van der Waals surface area contributed by atoms with Crippen LogP contribution in [0.5, 0.6) is 0 Å². The maximum atomic E-state index is 12.5. The highest BCUT2D eigenvalue weighted by Gasteiger charge is 2.25. The third-order valence-corrected chi connectivity index (χ3v) is 4.82. The highest BCUT2D eigenvalue weighted by atomic mass is 32.2. The predicted octanol–water partition coefficient (Wildman–Crippen LogP) is 1.19. The number of nitrogens with zero attached hydrogens (tertiary/aromatic N) is 2. The molecule has 0 atom stereocenters. The molecule has 0 spiro atoms. The lowest BCUT2D eigenvalue weighted by molar-refractivity contribution is 0.135. The number of hydrogen-bond donors (Lipinski definition) is 1. The Labute approximate surface area is 119 Å². The zero-order valence-corrected chi connectivity index (χ0v) is 12.5. The molecule has 7 heteroatoms. The minimum atomic E-state index is -3.72. The molecular formula is C13H19N3O3S. The monoisotopic (exact) mass is 297 g/mol. The number of hydrogen-bond acceptors (Lipinski definition) is 5. The summed E-state index contributed by atoms with van der Waals surface area (Å²) in [7, 11) is -3.72. The van der Waals surface area contributed by atoms with Gasteiger partial charge < -0.3 is 10.5 Å². The Balaban J connectivity index is 3.11. The summed E-state index contributed by atoms with van der Waals surface area (Å²) in [6, 6.07) is 6.08. The zero-order valence-electron chi connectivity index (χ0n) is 11.7. The first kappa shape index (κ1) is 16.4. The van der Waals surface area contributed by atoms with Gasteiger partial charge in [-0.2, -0.15) is 9.57 Å². The van der Waals surface area contributed by atoms with E-state index in [1.165, 1.54) is 22.5 Å². The lowest BCUT2D eigenvalue weighted by Crippen LogP contribution is -2.34. The largest absolute Gasteiger partial charge is 0.399 e. The van der Waals surface area contributed by atoms with Gasteiger partial charge in [0.2, 0.25) is 10.0 Å². The van der Waals surface area contributed by atoms with Gasteiger partial charge >= 0.3 is 0 Å². The molecule has 0 saturated carbocycles. The lowest BCUT2D eigenvalue weighted by Gasteiger charge is -2.21. The molecule has 0 aliphatic rings. The van der Waals surface area contributed by atoms with Crippen LogP contribution in [0.2, 0.25) is 0 Å². The molecule has 0 aromatic heterocycles. The van der Waals surface area contributed by atoms with E-state index in [2.05, 4.69) is 0 Å². The molecule has 0 aliphatic carbocycles. The van der Waals surface area contributed by atoms with Crippen LogP contribution in [-0.2, 0) is 14.8 Å². The maximum absolute atomic E-state index is 12.5. The van der Waals surface area contributed by atoms with Gasteiger partial charge in [-0.05, 0) is 25.1 Å². The van der Waals surface area contributed by atoms with Crippen LogP contribution in [0.3, 0.4) is 0 Å². The van der Waals surface area contributed by atoms with Crippen LogP contribution in [0, 0.1) is 11.3 Å². The van der Waals surface area contributed by atoms with Crippen LogP contribution in [0.25, 0.3) is 0 Å². The molecule has 0 saturated heterocycles. The summed E-state index contributed by atoms with van der Waals surface area (Å²) in [4.78, 5) is -0.0208. The summed E-state index contributed by atoms with van der Waals surface area (Å²) in [5.41, 5.74) is 5.99. The lowest BCUT2D eigenvalue weighted by atomic mass is 10.2. The molecule has 1 aromatic rings. The Morgan fingerprint density at radius 3 is 2.65 bits per heavy atom. The normalized spacial score (nSPS) is 11.5. The second kappa shape index (κ2) is 7.24. The highest BCUT2D eigenvalue weighted by molar-refractivity contribution is 7.89. The van der Waals surface area contributed by atoms with E-state index in [0.29, 0.717) is 25.4 Å². The number of sulfonamides is 1. The molecule has 0 fully saturated rings. The van der Waals surface area contributed by atoms with Crippen molar-refractivity contribution in [2.75, 3.05) is 32.0 Å². The van der Waals surface area contributed by atoms with E-state index in [4.69, 9.17) is 15.7 Å². The van der Waals surface area contributed by atoms with Gasteiger partial charge in [0.05, 0.1) is 12.2 Å². The van der Waals surface area contributed by atoms with E-state index in [0.717, 1.165) is 0 Å². The van der Waals surface area contributed by atoms with E-state index in [9.17, 15) is 8.42 Å². The molecule has 0 aliphatic heterocycles. The summed E-state index contributed by atoms with van der Waals surface area (Å²) in [5.74, 6) is 0. The zero-order chi connectivity index (χ0) is 15.2. The number of benzene rings is 1. The van der Waals surface area contributed by atoms with Crippen molar-refractivity contribution < 1.29 is 13.2 Å². The Morgan fingerprint density at radius 1 is 1.40 bits per heavy atom. The molecule has 6 nitrogen and oxygen atoms in total. The summed E-state index contributed by atoms with van der Waals surface area (Å²) in [5, 5.41) is 9.06. The number of likely N-dealkylation sites (N-methyl/N-ethyl adjacent to an activating group) is 1. The van der Waals surface area contributed by atoms with E-state index in [-0.39, 0.29) is 17.0 Å². The summed E-state index contributed by atoms with van der Waals surface area (Å²) in [6.07, 6.45) is 0. The molecule has 2 N–H and O–H groups in total. The SMILES string of the molecule is CCOCCN(CC)S(=O)(=O)c1ccc(N)cc1C#N. The van der Waals surface area contributed by atoms with Crippen molar-refractivity contribution in [1.29, 1.82) is 5.26 Å². The Kier molecular flexibility index (Phi) is 5.95. The van der Waals surface area contributed by atoms with Gasteiger partial charge in [-0.3, -0.25) is 0 Å². The van der Waals surface area contributed by atoms with E-state index in [1.807, 2.05) is 13.0 Å². The van der Waals surface area contributed by atoms with Gasteiger partial charge in [-0.15, -0.1) is 0 Å². The second-order valence-electron chi connectivity index (χ2n) is 4.06. The number of nitriles is 1. The maximum Gasteiger partial charge on any atom is 0.244 e. The van der Waals surface area contributed by atoms with Gasteiger partial charge in [0.1, 0.15) is 11.0 Å². The minimum absolute atomic E-state index is 0.0208. The fraction of sp³-hybridized carbons (Fsp3) is 0.462. The van der Waals surface area contributed by atoms with E-state index < -0.39 is 10.0 Å². The first-order valence-corrected chi connectivity index (χ1v) is 7.78. The van der Waals surface area contributed by atoms with Crippen molar-refractivity contribution in [2.45, 2.75) is 18.7 Å². The number of ether oxygens (including phenoxy) is 1. The molecule has 110 valence electrons. The van der Waals surface area contributed by atoms with Crippen LogP contribution >= 0.6 is 0 Å². The molecule has 1 rings (SSSR count). The molecule has 0 heterocycles. The third-order valence-electron chi connectivity index (χ3n) is 2.78. The smallest absolute Gasteiger partial charge is 0.244 e. The summed E-state index contributed by atoms with van der Waals surface area (Å²) >= 11 is 0. The van der Waals surface area contributed by atoms with Crippen LogP contribution < -0.4 is 5.73 Å². The molecule has 0 unspecified atom stereocenters. The summed E-state index contributed by atoms with van der Waals surface area (Å²) in [6.45, 7) is 5.00. The Bertz CT molecular complexity index is 593. The number of rotatable bonds is 7. The van der Waals surface area contributed by atoms with Crippen molar-refractivity contribution in [1.82, 2.24) is 4.31 Å². The van der Waals surface area contributed by atoms with Crippen molar-refractivity contribution in [3.8, 4) is 6.07 Å². The molecular weight excluding hydrogens is 278 g/mol. The van der Waals surface area contributed by atoms with Crippen LogP contribution in [0.4, 0.5) is 5.69 Å². The van der Waals surface area contributed by atoms with Gasteiger partial charge in [0.25, 0.3) is 0 Å². The first-order valence-electron chi connectivity index (χ1n) is 6.34. The van der Waals surface area contributed by atoms with Crippen LogP contribution in [-0.4, -0.2) is 39.0 Å². The highest BCUT2D eigenvalue weighted by Crippen LogP contribution is 2.21. The van der Waals surface area contributed by atoms with Gasteiger partial charge in [0, 0.05) is 25.4 Å². The van der Waals surface area contributed by atoms with Crippen molar-refractivity contribution in [3.05, 3.63) is 23.8 Å². The third kappa shape index (κ3) is 3.70. The Morgan fingerprint density at radius 2 is 2.10 bits per heavy atom. The number of nitrogen functional groups attached to an aromatic ring is 1.